The van der Waals surface area contributed by atoms with Crippen molar-refractivity contribution in [3.8, 4) is 0 Å². The first-order chi connectivity index (χ1) is 9.72. The van der Waals surface area contributed by atoms with Gasteiger partial charge in [0.15, 0.2) is 0 Å². The summed E-state index contributed by atoms with van der Waals surface area (Å²) in [7, 11) is 4.07. The van der Waals surface area contributed by atoms with E-state index < -0.39 is 0 Å². The van der Waals surface area contributed by atoms with Gasteiger partial charge in [0.1, 0.15) is 5.82 Å². The van der Waals surface area contributed by atoms with Crippen LogP contribution in [0.5, 0.6) is 0 Å². The molecule has 0 aliphatic carbocycles. The Labute approximate surface area is 121 Å². The van der Waals surface area contributed by atoms with Gasteiger partial charge in [-0.05, 0) is 36.7 Å². The van der Waals surface area contributed by atoms with Crippen LogP contribution in [0.4, 0.5) is 5.82 Å². The maximum Gasteiger partial charge on any atom is 0.129 e. The summed E-state index contributed by atoms with van der Waals surface area (Å²) in [6.45, 7) is 3.90. The van der Waals surface area contributed by atoms with Crippen molar-refractivity contribution in [2.45, 2.75) is 26.4 Å². The molecule has 0 saturated carbocycles. The second-order valence-electron chi connectivity index (χ2n) is 5.05. The minimum atomic E-state index is 0.875. The topological polar surface area (TPSA) is 28.2 Å². The van der Waals surface area contributed by atoms with E-state index in [0.717, 1.165) is 31.0 Å². The molecule has 1 N–H and O–H groups in total. The Morgan fingerprint density at radius 3 is 2.50 bits per heavy atom. The zero-order valence-corrected chi connectivity index (χ0v) is 12.6. The molecule has 0 saturated heterocycles. The maximum absolute atomic E-state index is 4.73. The predicted octanol–water partition coefficient (Wildman–Crippen LogP) is 3.00. The zero-order valence-electron chi connectivity index (χ0n) is 12.6. The molecule has 2 aromatic rings. The molecule has 0 aliphatic heterocycles. The van der Waals surface area contributed by atoms with Gasteiger partial charge >= 0.3 is 0 Å². The molecular formula is C17H23N3. The maximum atomic E-state index is 4.73. The highest BCUT2D eigenvalue weighted by Gasteiger charge is 2.07. The number of hydrogen-bond acceptors (Lipinski definition) is 3. The molecular weight excluding hydrogens is 246 g/mol. The van der Waals surface area contributed by atoms with E-state index in [-0.39, 0.29) is 0 Å². The van der Waals surface area contributed by atoms with Crippen molar-refractivity contribution in [1.29, 1.82) is 0 Å². The van der Waals surface area contributed by atoms with Crippen LogP contribution in [0.3, 0.4) is 0 Å². The Morgan fingerprint density at radius 1 is 1.10 bits per heavy atom. The molecule has 1 heterocycles. The van der Waals surface area contributed by atoms with Gasteiger partial charge in [0.25, 0.3) is 0 Å². The summed E-state index contributed by atoms with van der Waals surface area (Å²) in [6, 6.07) is 14.8. The van der Waals surface area contributed by atoms with Crippen LogP contribution in [0, 0.1) is 0 Å². The molecule has 0 fully saturated rings. The fourth-order valence-electron chi connectivity index (χ4n) is 2.25. The predicted molar refractivity (Wildman–Crippen MR) is 84.9 cm³/mol. The lowest BCUT2D eigenvalue weighted by molar-refractivity contribution is 0.805. The monoisotopic (exact) mass is 269 g/mol. The molecule has 3 heteroatoms. The average molecular weight is 269 g/mol. The summed E-state index contributed by atoms with van der Waals surface area (Å²) >= 11 is 0. The summed E-state index contributed by atoms with van der Waals surface area (Å²) in [5.74, 6) is 1.04. The fourth-order valence-corrected chi connectivity index (χ4v) is 2.25. The van der Waals surface area contributed by atoms with E-state index in [2.05, 4.69) is 60.6 Å². The summed E-state index contributed by atoms with van der Waals surface area (Å²) < 4.78 is 0. The summed E-state index contributed by atoms with van der Waals surface area (Å²) in [5, 5.41) is 3.20. The molecule has 1 aromatic carbocycles. The van der Waals surface area contributed by atoms with Crippen LogP contribution < -0.4 is 10.2 Å². The third-order valence-electron chi connectivity index (χ3n) is 3.32. The first kappa shape index (κ1) is 14.5. The Kier molecular flexibility index (Phi) is 5.13. The van der Waals surface area contributed by atoms with Crippen molar-refractivity contribution in [3.63, 3.8) is 0 Å². The molecule has 0 aliphatic rings. The van der Waals surface area contributed by atoms with Crippen molar-refractivity contribution in [2.75, 3.05) is 19.0 Å². The van der Waals surface area contributed by atoms with E-state index in [0.29, 0.717) is 0 Å². The number of nitrogens with zero attached hydrogens (tertiary/aromatic N) is 2. The van der Waals surface area contributed by atoms with Gasteiger partial charge in [-0.3, -0.25) is 0 Å². The van der Waals surface area contributed by atoms with E-state index in [1.165, 1.54) is 11.1 Å². The van der Waals surface area contributed by atoms with Gasteiger partial charge in [-0.15, -0.1) is 0 Å². The zero-order chi connectivity index (χ0) is 14.4. The highest BCUT2D eigenvalue weighted by molar-refractivity contribution is 5.43. The molecule has 1 aromatic heterocycles. The standard InChI is InChI=1S/C17H23N3/c1-4-16-10-15(12-18-2)11-17(19-16)20(3)13-14-8-6-5-7-9-14/h5-11,18H,4,12-13H2,1-3H3. The van der Waals surface area contributed by atoms with Crippen LogP contribution in [0.2, 0.25) is 0 Å². The minimum absolute atomic E-state index is 0.875. The first-order valence-electron chi connectivity index (χ1n) is 7.12. The molecule has 0 spiro atoms. The third-order valence-corrected chi connectivity index (χ3v) is 3.32. The van der Waals surface area contributed by atoms with Crippen molar-refractivity contribution in [2.24, 2.45) is 0 Å². The molecule has 0 unspecified atom stereocenters. The van der Waals surface area contributed by atoms with Crippen LogP contribution >= 0.6 is 0 Å². The van der Waals surface area contributed by atoms with E-state index in [9.17, 15) is 0 Å². The van der Waals surface area contributed by atoms with Gasteiger partial charge in [0.2, 0.25) is 0 Å². The molecule has 0 amide bonds. The van der Waals surface area contributed by atoms with Gasteiger partial charge in [0.05, 0.1) is 0 Å². The number of rotatable bonds is 6. The lowest BCUT2D eigenvalue weighted by atomic mass is 10.1. The largest absolute Gasteiger partial charge is 0.355 e. The summed E-state index contributed by atoms with van der Waals surface area (Å²) in [6.07, 6.45) is 0.962. The van der Waals surface area contributed by atoms with Gasteiger partial charge in [-0.1, -0.05) is 37.3 Å². The number of hydrogen-bond donors (Lipinski definition) is 1. The highest BCUT2D eigenvalue weighted by atomic mass is 15.2. The highest BCUT2D eigenvalue weighted by Crippen LogP contribution is 2.17. The van der Waals surface area contributed by atoms with E-state index in [1.807, 2.05) is 13.1 Å². The van der Waals surface area contributed by atoms with Crippen LogP contribution in [0.25, 0.3) is 0 Å². The number of aromatic nitrogens is 1. The second kappa shape index (κ2) is 7.06. The van der Waals surface area contributed by atoms with E-state index >= 15 is 0 Å². The minimum Gasteiger partial charge on any atom is -0.355 e. The third kappa shape index (κ3) is 3.81. The van der Waals surface area contributed by atoms with Crippen LogP contribution in [-0.2, 0) is 19.5 Å². The molecule has 0 atom stereocenters. The first-order valence-corrected chi connectivity index (χ1v) is 7.12. The average Bonchev–Trinajstić information content (AvgIpc) is 2.48. The van der Waals surface area contributed by atoms with Gasteiger partial charge in [-0.25, -0.2) is 4.98 Å². The van der Waals surface area contributed by atoms with Crippen LogP contribution in [-0.4, -0.2) is 19.1 Å². The van der Waals surface area contributed by atoms with Crippen LogP contribution in [0.15, 0.2) is 42.5 Å². The quantitative estimate of drug-likeness (QED) is 0.874. The Bertz CT molecular complexity index is 537. The lowest BCUT2D eigenvalue weighted by Crippen LogP contribution is -2.19. The van der Waals surface area contributed by atoms with E-state index in [4.69, 9.17) is 4.98 Å². The second-order valence-corrected chi connectivity index (χ2v) is 5.05. The number of benzene rings is 1. The molecule has 20 heavy (non-hydrogen) atoms. The summed E-state index contributed by atoms with van der Waals surface area (Å²) in [4.78, 5) is 6.93. The Balaban J connectivity index is 2.19. The van der Waals surface area contributed by atoms with Crippen molar-refractivity contribution in [3.05, 3.63) is 59.3 Å². The lowest BCUT2D eigenvalue weighted by Gasteiger charge is -2.20. The molecule has 106 valence electrons. The molecule has 3 nitrogen and oxygen atoms in total. The fraction of sp³-hybridized carbons (Fsp3) is 0.353. The van der Waals surface area contributed by atoms with Gasteiger partial charge < -0.3 is 10.2 Å². The van der Waals surface area contributed by atoms with Crippen molar-refractivity contribution >= 4 is 5.82 Å². The Hall–Kier alpha value is -1.87. The normalized spacial score (nSPS) is 10.6. The van der Waals surface area contributed by atoms with Crippen molar-refractivity contribution < 1.29 is 0 Å². The molecule has 2 rings (SSSR count). The molecule has 0 bridgehead atoms. The molecule has 0 radical (unpaired) electrons. The number of pyridine rings is 1. The number of nitrogens with one attached hydrogen (secondary N) is 1. The van der Waals surface area contributed by atoms with Crippen LogP contribution in [0.1, 0.15) is 23.7 Å². The van der Waals surface area contributed by atoms with Gasteiger partial charge in [-0.2, -0.15) is 0 Å². The smallest absolute Gasteiger partial charge is 0.129 e. The van der Waals surface area contributed by atoms with E-state index in [1.54, 1.807) is 0 Å². The Morgan fingerprint density at radius 2 is 1.85 bits per heavy atom. The van der Waals surface area contributed by atoms with Gasteiger partial charge in [0, 0.05) is 25.8 Å². The van der Waals surface area contributed by atoms with Crippen molar-refractivity contribution in [1.82, 2.24) is 10.3 Å². The summed E-state index contributed by atoms with van der Waals surface area (Å²) in [5.41, 5.74) is 3.73. The SMILES string of the molecule is CCc1cc(CNC)cc(N(C)Cc2ccccc2)n1. The number of anilines is 1. The number of aryl methyl sites for hydroxylation is 1.